The molecule has 0 radical (unpaired) electrons. The molecule has 9 heteroatoms. The largest absolute Gasteiger partial charge is 0.356 e. The highest BCUT2D eigenvalue weighted by atomic mass is 16.2. The van der Waals surface area contributed by atoms with Gasteiger partial charge < -0.3 is 14.4 Å². The van der Waals surface area contributed by atoms with Gasteiger partial charge in [-0.2, -0.15) is 10.2 Å². The number of rotatable bonds is 5. The third kappa shape index (κ3) is 4.65. The van der Waals surface area contributed by atoms with Gasteiger partial charge in [0.15, 0.2) is 5.82 Å². The van der Waals surface area contributed by atoms with Crippen molar-refractivity contribution in [3.63, 3.8) is 0 Å². The lowest BCUT2D eigenvalue weighted by Gasteiger charge is -2.39. The Balaban J connectivity index is 1.33. The monoisotopic (exact) mass is 526 g/mol. The lowest BCUT2D eigenvalue weighted by molar-refractivity contribution is -0.139. The van der Waals surface area contributed by atoms with Crippen molar-refractivity contribution in [1.82, 2.24) is 29.3 Å². The van der Waals surface area contributed by atoms with Gasteiger partial charge in [-0.1, -0.05) is 20.8 Å². The number of amides is 1. The predicted molar refractivity (Wildman–Crippen MR) is 150 cm³/mol. The third-order valence-electron chi connectivity index (χ3n) is 8.68. The summed E-state index contributed by atoms with van der Waals surface area (Å²) in [6, 6.07) is 6.18. The Morgan fingerprint density at radius 1 is 1.05 bits per heavy atom. The summed E-state index contributed by atoms with van der Waals surface area (Å²) in [5.74, 6) is 1.37. The van der Waals surface area contributed by atoms with Crippen LogP contribution in [0.2, 0.25) is 0 Å². The molecule has 3 aliphatic heterocycles. The normalized spacial score (nSPS) is 21.8. The van der Waals surface area contributed by atoms with Gasteiger partial charge in [-0.05, 0) is 55.3 Å². The van der Waals surface area contributed by atoms with Gasteiger partial charge in [0, 0.05) is 70.0 Å². The molecular weight excluding hydrogens is 488 g/mol. The van der Waals surface area contributed by atoms with Crippen LogP contribution in [-0.2, 0) is 30.8 Å². The molecule has 9 nitrogen and oxygen atoms in total. The first-order valence-electron chi connectivity index (χ1n) is 14.1. The summed E-state index contributed by atoms with van der Waals surface area (Å²) in [5.41, 5.74) is 5.35. The molecule has 0 bridgehead atoms. The Bertz CT molecular complexity index is 1450. The van der Waals surface area contributed by atoms with Gasteiger partial charge >= 0.3 is 0 Å². The van der Waals surface area contributed by atoms with Crippen LogP contribution in [-0.4, -0.2) is 68.5 Å². The molecule has 0 saturated carbocycles. The summed E-state index contributed by atoms with van der Waals surface area (Å²) in [5, 5.41) is 9.69. The standard InChI is InChI=1S/C30H38N8O/c1-29(2,3)16-22-23(38-15-14-35(4)27-26(38)25(22)33-24(17-31)34-27)19-36-12-5-8-30(20-36)9-13-37(28(30)39)18-21-6-10-32-11-7-21/h6-7,10-11H,5,8-9,12-16,18-20H2,1-4H3. The maximum atomic E-state index is 13.8. The topological polar surface area (TPSA) is 94.2 Å². The van der Waals surface area contributed by atoms with Crippen LogP contribution in [0.3, 0.4) is 0 Å². The van der Waals surface area contributed by atoms with Gasteiger partial charge in [-0.25, -0.2) is 4.98 Å². The maximum Gasteiger partial charge on any atom is 0.234 e. The quantitative estimate of drug-likeness (QED) is 0.500. The number of aromatic nitrogens is 4. The lowest BCUT2D eigenvalue weighted by atomic mass is 9.78. The number of likely N-dealkylation sites (tertiary alicyclic amines) is 2. The Morgan fingerprint density at radius 3 is 2.59 bits per heavy atom. The number of hydrogen-bond donors (Lipinski definition) is 0. The molecule has 1 atom stereocenters. The molecule has 6 heterocycles. The molecule has 1 spiro atoms. The summed E-state index contributed by atoms with van der Waals surface area (Å²) in [7, 11) is 2.04. The fourth-order valence-corrected chi connectivity index (χ4v) is 6.86. The molecule has 3 aromatic rings. The Kier molecular flexibility index (Phi) is 6.34. The number of pyridine rings is 1. The number of carbonyl (C=O) groups is 1. The average molecular weight is 527 g/mol. The molecule has 3 aromatic heterocycles. The van der Waals surface area contributed by atoms with Gasteiger partial charge in [-0.3, -0.25) is 14.7 Å². The van der Waals surface area contributed by atoms with Gasteiger partial charge in [0.2, 0.25) is 11.7 Å². The van der Waals surface area contributed by atoms with Crippen molar-refractivity contribution < 1.29 is 4.79 Å². The number of nitriles is 1. The van der Waals surface area contributed by atoms with Crippen molar-refractivity contribution in [1.29, 1.82) is 5.26 Å². The SMILES string of the molecule is CN1CCn2c(CN3CCCC4(CCN(Cc5ccncc5)C4=O)C3)c(CC(C)(C)C)c3nc(C#N)nc1c32. The molecule has 2 saturated heterocycles. The van der Waals surface area contributed by atoms with Crippen LogP contribution in [0.25, 0.3) is 11.0 Å². The van der Waals surface area contributed by atoms with Gasteiger partial charge in [-0.15, -0.1) is 0 Å². The minimum atomic E-state index is -0.303. The zero-order valence-corrected chi connectivity index (χ0v) is 23.6. The predicted octanol–water partition coefficient (Wildman–Crippen LogP) is 3.75. The summed E-state index contributed by atoms with van der Waals surface area (Å²) in [4.78, 5) is 33.9. The fraction of sp³-hybridized carbons (Fsp3) is 0.567. The van der Waals surface area contributed by atoms with Crippen LogP contribution in [0.5, 0.6) is 0 Å². The minimum absolute atomic E-state index is 0.0593. The summed E-state index contributed by atoms with van der Waals surface area (Å²) < 4.78 is 2.40. The van der Waals surface area contributed by atoms with Crippen molar-refractivity contribution in [3.05, 3.63) is 47.2 Å². The van der Waals surface area contributed by atoms with Crippen LogP contribution < -0.4 is 4.90 Å². The highest BCUT2D eigenvalue weighted by molar-refractivity contribution is 5.92. The summed E-state index contributed by atoms with van der Waals surface area (Å²) in [6.07, 6.45) is 7.36. The lowest BCUT2D eigenvalue weighted by Crippen LogP contribution is -2.47. The number of piperidine rings is 1. The smallest absolute Gasteiger partial charge is 0.234 e. The third-order valence-corrected chi connectivity index (χ3v) is 8.68. The Hall–Kier alpha value is -3.51. The van der Waals surface area contributed by atoms with Crippen molar-refractivity contribution in [2.75, 3.05) is 38.1 Å². The number of likely N-dealkylation sites (N-methyl/N-ethyl adjacent to an activating group) is 1. The molecule has 2 fully saturated rings. The van der Waals surface area contributed by atoms with Gasteiger partial charge in [0.25, 0.3) is 0 Å². The fourth-order valence-electron chi connectivity index (χ4n) is 6.86. The zero-order valence-electron chi connectivity index (χ0n) is 23.6. The van der Waals surface area contributed by atoms with Crippen LogP contribution in [0.1, 0.15) is 62.7 Å². The second-order valence-electron chi connectivity index (χ2n) is 12.8. The van der Waals surface area contributed by atoms with Crippen LogP contribution >= 0.6 is 0 Å². The number of hydrogen-bond acceptors (Lipinski definition) is 7. The number of anilines is 1. The maximum absolute atomic E-state index is 13.8. The molecule has 1 unspecified atom stereocenters. The molecule has 3 aliphatic rings. The van der Waals surface area contributed by atoms with E-state index in [9.17, 15) is 10.1 Å². The van der Waals surface area contributed by atoms with Crippen LogP contribution in [0.15, 0.2) is 24.5 Å². The van der Waals surface area contributed by atoms with E-state index in [0.717, 1.165) is 87.4 Å². The molecule has 0 aliphatic carbocycles. The Labute approximate surface area is 230 Å². The van der Waals surface area contributed by atoms with Crippen molar-refractivity contribution >= 4 is 22.8 Å². The molecule has 0 N–H and O–H groups in total. The number of carbonyl (C=O) groups excluding carboxylic acids is 1. The van der Waals surface area contributed by atoms with Crippen molar-refractivity contribution in [2.24, 2.45) is 10.8 Å². The first kappa shape index (κ1) is 25.8. The molecule has 6 rings (SSSR count). The van der Waals surface area contributed by atoms with E-state index in [1.165, 1.54) is 11.3 Å². The second-order valence-corrected chi connectivity index (χ2v) is 12.8. The summed E-state index contributed by atoms with van der Waals surface area (Å²) >= 11 is 0. The van der Waals surface area contributed by atoms with E-state index in [4.69, 9.17) is 4.98 Å². The zero-order chi connectivity index (χ0) is 27.4. The van der Waals surface area contributed by atoms with E-state index < -0.39 is 0 Å². The highest BCUT2D eigenvalue weighted by Crippen LogP contribution is 2.42. The van der Waals surface area contributed by atoms with Gasteiger partial charge in [0.1, 0.15) is 11.6 Å². The van der Waals surface area contributed by atoms with Crippen LogP contribution in [0.4, 0.5) is 5.82 Å². The van der Waals surface area contributed by atoms with E-state index in [2.05, 4.69) is 51.2 Å². The van der Waals surface area contributed by atoms with E-state index in [1.807, 2.05) is 24.1 Å². The van der Waals surface area contributed by atoms with Gasteiger partial charge in [0.05, 0.1) is 10.9 Å². The Morgan fingerprint density at radius 2 is 1.85 bits per heavy atom. The van der Waals surface area contributed by atoms with E-state index in [0.29, 0.717) is 12.5 Å². The van der Waals surface area contributed by atoms with Crippen molar-refractivity contribution in [3.8, 4) is 6.07 Å². The van der Waals surface area contributed by atoms with E-state index >= 15 is 0 Å². The average Bonchev–Trinajstić information content (AvgIpc) is 3.35. The van der Waals surface area contributed by atoms with Crippen molar-refractivity contribution in [2.45, 2.75) is 66.1 Å². The molecule has 39 heavy (non-hydrogen) atoms. The minimum Gasteiger partial charge on any atom is -0.356 e. The van der Waals surface area contributed by atoms with Crippen LogP contribution in [0, 0.1) is 22.2 Å². The first-order chi connectivity index (χ1) is 18.7. The number of nitrogens with zero attached hydrogens (tertiary/aromatic N) is 8. The highest BCUT2D eigenvalue weighted by Gasteiger charge is 2.49. The van der Waals surface area contributed by atoms with E-state index in [1.54, 1.807) is 12.4 Å². The van der Waals surface area contributed by atoms with E-state index in [-0.39, 0.29) is 16.7 Å². The second kappa shape index (κ2) is 9.60. The molecular formula is C30H38N8O. The molecule has 204 valence electrons. The summed E-state index contributed by atoms with van der Waals surface area (Å²) in [6.45, 7) is 12.5. The molecule has 0 aromatic carbocycles. The first-order valence-corrected chi connectivity index (χ1v) is 14.1. The molecule has 1 amide bonds.